The normalized spacial score (nSPS) is 15.3. The van der Waals surface area contributed by atoms with E-state index in [1.54, 1.807) is 42.9 Å². The van der Waals surface area contributed by atoms with Crippen LogP contribution in [-0.4, -0.2) is 28.6 Å². The SMILES string of the molecule is O=C(Nc1cc(-c2ccncc2)c[nH]c1=O)C1COc2ccccc2O1. The zero-order chi connectivity index (χ0) is 17.9. The molecule has 1 aliphatic heterocycles. The van der Waals surface area contributed by atoms with Crippen LogP contribution in [0.4, 0.5) is 5.69 Å². The van der Waals surface area contributed by atoms with E-state index in [9.17, 15) is 9.59 Å². The molecule has 0 spiro atoms. The molecule has 3 aromatic rings. The van der Waals surface area contributed by atoms with Crippen LogP contribution in [0.25, 0.3) is 11.1 Å². The summed E-state index contributed by atoms with van der Waals surface area (Å²) in [5.74, 6) is 0.643. The Morgan fingerprint density at radius 1 is 1.12 bits per heavy atom. The number of carbonyl (C=O) groups excluding carboxylic acids is 1. The van der Waals surface area contributed by atoms with E-state index < -0.39 is 17.6 Å². The number of anilines is 1. The molecule has 7 nitrogen and oxygen atoms in total. The molecule has 1 atom stereocenters. The second-order valence-corrected chi connectivity index (χ2v) is 5.72. The Bertz CT molecular complexity index is 1000. The summed E-state index contributed by atoms with van der Waals surface area (Å²) in [5, 5.41) is 2.62. The molecule has 0 fully saturated rings. The number of fused-ring (bicyclic) bond motifs is 1. The summed E-state index contributed by atoms with van der Waals surface area (Å²) in [7, 11) is 0. The number of H-pyrrole nitrogens is 1. The van der Waals surface area contributed by atoms with Gasteiger partial charge in [0.2, 0.25) is 6.10 Å². The van der Waals surface area contributed by atoms with Crippen LogP contribution in [0.2, 0.25) is 0 Å². The number of benzene rings is 1. The number of aromatic nitrogens is 2. The van der Waals surface area contributed by atoms with Crippen molar-refractivity contribution in [3.63, 3.8) is 0 Å². The van der Waals surface area contributed by atoms with E-state index in [4.69, 9.17) is 9.47 Å². The average molecular weight is 349 g/mol. The number of carbonyl (C=O) groups is 1. The van der Waals surface area contributed by atoms with Gasteiger partial charge in [-0.2, -0.15) is 0 Å². The van der Waals surface area contributed by atoms with E-state index >= 15 is 0 Å². The summed E-state index contributed by atoms with van der Waals surface area (Å²) < 4.78 is 11.2. The number of rotatable bonds is 3. The molecule has 0 bridgehead atoms. The van der Waals surface area contributed by atoms with Gasteiger partial charge in [0.15, 0.2) is 11.5 Å². The van der Waals surface area contributed by atoms with Crippen molar-refractivity contribution in [2.24, 2.45) is 0 Å². The van der Waals surface area contributed by atoms with Crippen LogP contribution in [0.1, 0.15) is 0 Å². The Morgan fingerprint density at radius 2 is 1.88 bits per heavy atom. The van der Waals surface area contributed by atoms with Gasteiger partial charge in [-0.1, -0.05) is 12.1 Å². The molecular weight excluding hydrogens is 334 g/mol. The Kier molecular flexibility index (Phi) is 4.10. The summed E-state index contributed by atoms with van der Waals surface area (Å²) in [6.07, 6.45) is 4.06. The molecule has 0 saturated carbocycles. The van der Waals surface area contributed by atoms with Crippen molar-refractivity contribution in [1.82, 2.24) is 9.97 Å². The zero-order valence-electron chi connectivity index (χ0n) is 13.6. The first-order valence-corrected chi connectivity index (χ1v) is 8.03. The zero-order valence-corrected chi connectivity index (χ0v) is 13.6. The number of nitrogens with one attached hydrogen (secondary N) is 2. The van der Waals surface area contributed by atoms with Crippen molar-refractivity contribution in [3.05, 3.63) is 71.4 Å². The molecule has 2 aromatic heterocycles. The number of hydrogen-bond acceptors (Lipinski definition) is 5. The van der Waals surface area contributed by atoms with Crippen molar-refractivity contribution >= 4 is 11.6 Å². The van der Waals surface area contributed by atoms with Crippen molar-refractivity contribution in [1.29, 1.82) is 0 Å². The monoisotopic (exact) mass is 349 g/mol. The van der Waals surface area contributed by atoms with E-state index in [1.165, 1.54) is 0 Å². The second-order valence-electron chi connectivity index (χ2n) is 5.72. The van der Waals surface area contributed by atoms with E-state index in [0.717, 1.165) is 11.1 Å². The average Bonchev–Trinajstić information content (AvgIpc) is 2.70. The highest BCUT2D eigenvalue weighted by atomic mass is 16.6. The number of para-hydroxylation sites is 2. The first kappa shape index (κ1) is 15.9. The second kappa shape index (κ2) is 6.72. The molecule has 1 amide bonds. The van der Waals surface area contributed by atoms with Crippen LogP contribution in [0, 0.1) is 0 Å². The predicted octanol–water partition coefficient (Wildman–Crippen LogP) is 2.22. The molecule has 2 N–H and O–H groups in total. The minimum Gasteiger partial charge on any atom is -0.485 e. The van der Waals surface area contributed by atoms with Gasteiger partial charge in [0, 0.05) is 24.2 Å². The van der Waals surface area contributed by atoms with Crippen molar-refractivity contribution in [3.8, 4) is 22.6 Å². The number of amides is 1. The van der Waals surface area contributed by atoms with Crippen molar-refractivity contribution in [2.75, 3.05) is 11.9 Å². The molecular formula is C19H15N3O4. The van der Waals surface area contributed by atoms with Crippen LogP contribution in [0.5, 0.6) is 11.5 Å². The molecule has 0 radical (unpaired) electrons. The molecule has 1 unspecified atom stereocenters. The molecule has 1 aliphatic rings. The Hall–Kier alpha value is -3.61. The number of ether oxygens (including phenoxy) is 2. The van der Waals surface area contributed by atoms with Gasteiger partial charge in [0.05, 0.1) is 0 Å². The van der Waals surface area contributed by atoms with Gasteiger partial charge in [-0.25, -0.2) is 0 Å². The van der Waals surface area contributed by atoms with Gasteiger partial charge in [-0.3, -0.25) is 14.6 Å². The fourth-order valence-electron chi connectivity index (χ4n) is 2.65. The Labute approximate surface area is 148 Å². The van der Waals surface area contributed by atoms with Crippen LogP contribution in [0.3, 0.4) is 0 Å². The lowest BCUT2D eigenvalue weighted by molar-refractivity contribution is -0.125. The molecule has 7 heteroatoms. The lowest BCUT2D eigenvalue weighted by Crippen LogP contribution is -2.41. The quantitative estimate of drug-likeness (QED) is 0.756. The molecule has 130 valence electrons. The molecule has 0 saturated heterocycles. The Balaban J connectivity index is 1.54. The summed E-state index contributed by atoms with van der Waals surface area (Å²) in [5.41, 5.74) is 1.38. The van der Waals surface area contributed by atoms with Gasteiger partial charge in [-0.05, 0) is 35.9 Å². The largest absolute Gasteiger partial charge is 0.485 e. The van der Waals surface area contributed by atoms with Gasteiger partial charge in [-0.15, -0.1) is 0 Å². The number of nitrogens with zero attached hydrogens (tertiary/aromatic N) is 1. The molecule has 1 aromatic carbocycles. The van der Waals surface area contributed by atoms with E-state index in [1.807, 2.05) is 18.2 Å². The standard InChI is InChI=1S/C19H15N3O4/c23-18-14(9-13(10-21-18)12-5-7-20-8-6-12)22-19(24)17-11-25-15-3-1-2-4-16(15)26-17/h1-10,17H,11H2,(H,21,23)(H,22,24). The van der Waals surface area contributed by atoms with Gasteiger partial charge in [0.25, 0.3) is 11.5 Å². The lowest BCUT2D eigenvalue weighted by atomic mass is 10.1. The highest BCUT2D eigenvalue weighted by Crippen LogP contribution is 2.31. The topological polar surface area (TPSA) is 93.3 Å². The maximum absolute atomic E-state index is 12.5. The van der Waals surface area contributed by atoms with Crippen molar-refractivity contribution in [2.45, 2.75) is 6.10 Å². The molecule has 4 rings (SSSR count). The van der Waals surface area contributed by atoms with Gasteiger partial charge < -0.3 is 19.8 Å². The minimum absolute atomic E-state index is 0.0742. The molecule has 0 aliphatic carbocycles. The maximum atomic E-state index is 12.5. The van der Waals surface area contributed by atoms with Gasteiger partial charge >= 0.3 is 0 Å². The number of pyridine rings is 2. The van der Waals surface area contributed by atoms with Crippen LogP contribution >= 0.6 is 0 Å². The fraction of sp³-hybridized carbons (Fsp3) is 0.105. The third kappa shape index (κ3) is 3.14. The Morgan fingerprint density at radius 3 is 2.69 bits per heavy atom. The summed E-state index contributed by atoms with van der Waals surface area (Å²) in [6, 6.07) is 12.4. The van der Waals surface area contributed by atoms with E-state index in [-0.39, 0.29) is 12.3 Å². The third-order valence-electron chi connectivity index (χ3n) is 3.98. The summed E-state index contributed by atoms with van der Waals surface area (Å²) in [4.78, 5) is 31.2. The first-order chi connectivity index (χ1) is 12.7. The lowest BCUT2D eigenvalue weighted by Gasteiger charge is -2.25. The highest BCUT2D eigenvalue weighted by Gasteiger charge is 2.27. The van der Waals surface area contributed by atoms with Crippen LogP contribution < -0.4 is 20.3 Å². The minimum atomic E-state index is -0.839. The fourth-order valence-corrected chi connectivity index (χ4v) is 2.65. The number of hydrogen-bond donors (Lipinski definition) is 2. The highest BCUT2D eigenvalue weighted by molar-refractivity contribution is 5.95. The molecule has 3 heterocycles. The van der Waals surface area contributed by atoms with E-state index in [0.29, 0.717) is 11.5 Å². The molecule has 26 heavy (non-hydrogen) atoms. The first-order valence-electron chi connectivity index (χ1n) is 8.03. The van der Waals surface area contributed by atoms with Crippen LogP contribution in [-0.2, 0) is 4.79 Å². The van der Waals surface area contributed by atoms with Crippen LogP contribution in [0.15, 0.2) is 65.8 Å². The summed E-state index contributed by atoms with van der Waals surface area (Å²) in [6.45, 7) is 0.0742. The maximum Gasteiger partial charge on any atom is 0.271 e. The summed E-state index contributed by atoms with van der Waals surface area (Å²) >= 11 is 0. The van der Waals surface area contributed by atoms with Crippen molar-refractivity contribution < 1.29 is 14.3 Å². The van der Waals surface area contributed by atoms with E-state index in [2.05, 4.69) is 15.3 Å². The van der Waals surface area contributed by atoms with Gasteiger partial charge in [0.1, 0.15) is 12.3 Å². The third-order valence-corrected chi connectivity index (χ3v) is 3.98. The smallest absolute Gasteiger partial charge is 0.271 e. The number of aromatic amines is 1. The predicted molar refractivity (Wildman–Crippen MR) is 95.3 cm³/mol.